The van der Waals surface area contributed by atoms with Gasteiger partial charge in [0, 0.05) is 23.3 Å². The first kappa shape index (κ1) is 16.0. The van der Waals surface area contributed by atoms with Gasteiger partial charge in [-0.25, -0.2) is 4.39 Å². The molecule has 0 fully saturated rings. The van der Waals surface area contributed by atoms with Crippen LogP contribution in [0.1, 0.15) is 24.1 Å². The third kappa shape index (κ3) is 3.66. The van der Waals surface area contributed by atoms with E-state index in [0.29, 0.717) is 11.1 Å². The lowest BCUT2D eigenvalue weighted by molar-refractivity contribution is -0.0498. The summed E-state index contributed by atoms with van der Waals surface area (Å²) in [6, 6.07) is 3.60. The van der Waals surface area contributed by atoms with Gasteiger partial charge < -0.3 is 9.30 Å². The molecule has 114 valence electrons. The zero-order valence-electron chi connectivity index (χ0n) is 11.0. The van der Waals surface area contributed by atoms with E-state index in [0.717, 1.165) is 0 Å². The molecule has 0 N–H and O–H groups in total. The standard InChI is InChI=1S/C14H12Cl2F3NO/c1-8(20-3-2-10(7-20)21-14(18)19)11-4-9(17)5-13(16)12(11)6-15/h2-5,7-8,14H,6H2,1H3/t8-/m0/s1. The molecular weight excluding hydrogens is 326 g/mol. The molecule has 2 rings (SSSR count). The second-order valence-corrected chi connectivity index (χ2v) is 5.11. The molecular formula is C14H12Cl2F3NO. The van der Waals surface area contributed by atoms with Gasteiger partial charge in [-0.1, -0.05) is 11.6 Å². The molecule has 0 aliphatic heterocycles. The molecule has 0 bridgehead atoms. The van der Waals surface area contributed by atoms with Crippen LogP contribution in [0.15, 0.2) is 30.6 Å². The third-order valence-electron chi connectivity index (χ3n) is 3.14. The summed E-state index contributed by atoms with van der Waals surface area (Å²) in [5.74, 6) is -0.320. The maximum absolute atomic E-state index is 13.5. The van der Waals surface area contributed by atoms with Gasteiger partial charge in [-0.05, 0) is 36.2 Å². The minimum absolute atomic E-state index is 0.0340. The molecule has 7 heteroatoms. The van der Waals surface area contributed by atoms with Gasteiger partial charge in [0.2, 0.25) is 0 Å². The highest BCUT2D eigenvalue weighted by Crippen LogP contribution is 2.31. The molecule has 0 spiro atoms. The average Bonchev–Trinajstić information content (AvgIpc) is 2.84. The van der Waals surface area contributed by atoms with E-state index in [1.54, 1.807) is 17.7 Å². The summed E-state index contributed by atoms with van der Waals surface area (Å²) in [5.41, 5.74) is 1.20. The Hall–Kier alpha value is -1.33. The van der Waals surface area contributed by atoms with Crippen LogP contribution in [-0.4, -0.2) is 11.2 Å². The summed E-state index contributed by atoms with van der Waals surface area (Å²) in [4.78, 5) is 0. The van der Waals surface area contributed by atoms with Crippen LogP contribution in [0.25, 0.3) is 0 Å². The summed E-state index contributed by atoms with van der Waals surface area (Å²) in [6.07, 6.45) is 2.98. The van der Waals surface area contributed by atoms with E-state index in [9.17, 15) is 13.2 Å². The number of nitrogens with zero attached hydrogens (tertiary/aromatic N) is 1. The summed E-state index contributed by atoms with van der Waals surface area (Å²) in [6.45, 7) is -1.11. The van der Waals surface area contributed by atoms with Gasteiger partial charge in [-0.3, -0.25) is 0 Å². The van der Waals surface area contributed by atoms with Crippen LogP contribution >= 0.6 is 23.2 Å². The number of alkyl halides is 3. The molecule has 0 aliphatic rings. The minimum Gasteiger partial charge on any atom is -0.433 e. The summed E-state index contributed by atoms with van der Waals surface area (Å²) in [5, 5.41) is 0.239. The van der Waals surface area contributed by atoms with Crippen LogP contribution in [0, 0.1) is 5.82 Å². The number of benzene rings is 1. The molecule has 1 atom stereocenters. The van der Waals surface area contributed by atoms with Crippen molar-refractivity contribution in [2.45, 2.75) is 25.5 Å². The molecule has 21 heavy (non-hydrogen) atoms. The predicted molar refractivity (Wildman–Crippen MR) is 75.8 cm³/mol. The first-order chi connectivity index (χ1) is 9.92. The highest BCUT2D eigenvalue weighted by molar-refractivity contribution is 6.32. The normalized spacial score (nSPS) is 12.7. The number of aromatic nitrogens is 1. The number of hydrogen-bond donors (Lipinski definition) is 0. The third-order valence-corrected chi connectivity index (χ3v) is 3.74. The summed E-state index contributed by atoms with van der Waals surface area (Å²) < 4.78 is 43.8. The van der Waals surface area contributed by atoms with Crippen molar-refractivity contribution in [2.24, 2.45) is 0 Å². The number of halogens is 5. The van der Waals surface area contributed by atoms with Crippen molar-refractivity contribution >= 4 is 23.2 Å². The fourth-order valence-corrected chi connectivity index (χ4v) is 2.75. The zero-order valence-corrected chi connectivity index (χ0v) is 12.5. The lowest BCUT2D eigenvalue weighted by Gasteiger charge is -2.18. The maximum Gasteiger partial charge on any atom is 0.387 e. The Labute approximate surface area is 130 Å². The van der Waals surface area contributed by atoms with Crippen LogP contribution in [0.5, 0.6) is 5.75 Å². The van der Waals surface area contributed by atoms with Gasteiger partial charge in [0.15, 0.2) is 0 Å². The molecule has 1 heterocycles. The van der Waals surface area contributed by atoms with Crippen molar-refractivity contribution in [3.8, 4) is 5.75 Å². The second-order valence-electron chi connectivity index (χ2n) is 4.44. The van der Waals surface area contributed by atoms with Crippen LogP contribution in [0.2, 0.25) is 5.02 Å². The van der Waals surface area contributed by atoms with Crippen molar-refractivity contribution in [3.05, 3.63) is 52.6 Å². The van der Waals surface area contributed by atoms with Crippen molar-refractivity contribution in [1.29, 1.82) is 0 Å². The number of ether oxygens (including phenoxy) is 1. The molecule has 0 aliphatic carbocycles. The van der Waals surface area contributed by atoms with Crippen LogP contribution in [-0.2, 0) is 5.88 Å². The first-order valence-electron chi connectivity index (χ1n) is 6.08. The summed E-state index contributed by atoms with van der Waals surface area (Å²) >= 11 is 11.8. The van der Waals surface area contributed by atoms with Gasteiger partial charge in [0.05, 0.1) is 6.04 Å². The second kappa shape index (κ2) is 6.62. The fraction of sp³-hybridized carbons (Fsp3) is 0.286. The molecule has 1 aromatic carbocycles. The van der Waals surface area contributed by atoms with E-state index < -0.39 is 12.4 Å². The lowest BCUT2D eigenvalue weighted by atomic mass is 10.0. The Morgan fingerprint density at radius 2 is 2.05 bits per heavy atom. The largest absolute Gasteiger partial charge is 0.433 e. The Balaban J connectivity index is 2.35. The molecule has 0 radical (unpaired) electrons. The van der Waals surface area contributed by atoms with Gasteiger partial charge in [0.1, 0.15) is 11.6 Å². The van der Waals surface area contributed by atoms with Crippen LogP contribution in [0.3, 0.4) is 0 Å². The average molecular weight is 338 g/mol. The van der Waals surface area contributed by atoms with Gasteiger partial charge in [-0.15, -0.1) is 11.6 Å². The monoisotopic (exact) mass is 337 g/mol. The van der Waals surface area contributed by atoms with E-state index in [-0.39, 0.29) is 22.7 Å². The lowest BCUT2D eigenvalue weighted by Crippen LogP contribution is -2.08. The quantitative estimate of drug-likeness (QED) is 0.681. The van der Waals surface area contributed by atoms with Gasteiger partial charge >= 0.3 is 6.61 Å². The molecule has 1 aromatic heterocycles. The highest BCUT2D eigenvalue weighted by atomic mass is 35.5. The topological polar surface area (TPSA) is 14.2 Å². The van der Waals surface area contributed by atoms with Crippen molar-refractivity contribution in [2.75, 3.05) is 0 Å². The minimum atomic E-state index is -2.89. The molecule has 2 aromatic rings. The van der Waals surface area contributed by atoms with Crippen molar-refractivity contribution < 1.29 is 17.9 Å². The fourth-order valence-electron chi connectivity index (χ4n) is 2.10. The van der Waals surface area contributed by atoms with E-state index in [1.165, 1.54) is 24.4 Å². The van der Waals surface area contributed by atoms with E-state index in [2.05, 4.69) is 4.74 Å². The molecule has 0 unspecified atom stereocenters. The molecule has 0 amide bonds. The first-order valence-corrected chi connectivity index (χ1v) is 6.99. The highest BCUT2D eigenvalue weighted by Gasteiger charge is 2.17. The van der Waals surface area contributed by atoms with Crippen LogP contribution < -0.4 is 4.74 Å². The SMILES string of the molecule is C[C@@H](c1cc(F)cc(Cl)c1CCl)n1ccc(OC(F)F)c1. The predicted octanol–water partition coefficient (Wildman–Crippen LogP) is 5.23. The van der Waals surface area contributed by atoms with Crippen molar-refractivity contribution in [3.63, 3.8) is 0 Å². The van der Waals surface area contributed by atoms with Crippen molar-refractivity contribution in [1.82, 2.24) is 4.57 Å². The smallest absolute Gasteiger partial charge is 0.387 e. The number of hydrogen-bond acceptors (Lipinski definition) is 1. The summed E-state index contributed by atoms with van der Waals surface area (Å²) in [7, 11) is 0. The Bertz CT molecular complexity index is 631. The molecule has 0 saturated carbocycles. The molecule has 0 saturated heterocycles. The number of rotatable bonds is 5. The van der Waals surface area contributed by atoms with Gasteiger partial charge in [-0.2, -0.15) is 8.78 Å². The zero-order chi connectivity index (χ0) is 15.6. The Morgan fingerprint density at radius 3 is 2.67 bits per heavy atom. The van der Waals surface area contributed by atoms with Gasteiger partial charge in [0.25, 0.3) is 0 Å². The van der Waals surface area contributed by atoms with E-state index >= 15 is 0 Å². The maximum atomic E-state index is 13.5. The van der Waals surface area contributed by atoms with E-state index in [1.807, 2.05) is 0 Å². The van der Waals surface area contributed by atoms with E-state index in [4.69, 9.17) is 23.2 Å². The Morgan fingerprint density at radius 1 is 1.33 bits per heavy atom. The van der Waals surface area contributed by atoms with Crippen LogP contribution in [0.4, 0.5) is 13.2 Å². The Kier molecular flexibility index (Phi) is 5.06. The molecule has 2 nitrogen and oxygen atoms in total.